The molecule has 8 heteroatoms. The maximum Gasteiger partial charge on any atom is 0.248 e. The van der Waals surface area contributed by atoms with E-state index < -0.39 is 5.91 Å². The van der Waals surface area contributed by atoms with Crippen molar-refractivity contribution in [3.63, 3.8) is 0 Å². The summed E-state index contributed by atoms with van der Waals surface area (Å²) >= 11 is 0. The molecule has 3 fully saturated rings. The topological polar surface area (TPSA) is 105 Å². The first-order valence-electron chi connectivity index (χ1n) is 11.9. The van der Waals surface area contributed by atoms with E-state index in [4.69, 9.17) is 15.2 Å². The average Bonchev–Trinajstić information content (AvgIpc) is 3.56. The predicted molar refractivity (Wildman–Crippen MR) is 124 cm³/mol. The van der Waals surface area contributed by atoms with Crippen molar-refractivity contribution < 1.29 is 14.3 Å². The van der Waals surface area contributed by atoms with Gasteiger partial charge in [-0.15, -0.1) is 5.10 Å². The molecule has 0 aromatic carbocycles. The lowest BCUT2D eigenvalue weighted by atomic mass is 9.86. The third-order valence-electron chi connectivity index (χ3n) is 5.72. The van der Waals surface area contributed by atoms with Gasteiger partial charge in [0.05, 0.1) is 17.9 Å². The van der Waals surface area contributed by atoms with Crippen LogP contribution in [0, 0.1) is 5.92 Å². The lowest BCUT2D eigenvalue weighted by molar-refractivity contribution is 0.0732. The van der Waals surface area contributed by atoms with Gasteiger partial charge in [-0.05, 0) is 37.3 Å². The van der Waals surface area contributed by atoms with Crippen molar-refractivity contribution in [3.05, 3.63) is 42.0 Å². The molecule has 178 valence electrons. The van der Waals surface area contributed by atoms with E-state index in [0.29, 0.717) is 17.8 Å². The molecule has 1 amide bonds. The summed E-state index contributed by atoms with van der Waals surface area (Å²) in [6.45, 7) is 5.82. The molecule has 1 aliphatic carbocycles. The van der Waals surface area contributed by atoms with Gasteiger partial charge in [-0.25, -0.2) is 0 Å². The van der Waals surface area contributed by atoms with E-state index >= 15 is 0 Å². The third-order valence-corrected chi connectivity index (χ3v) is 5.72. The Morgan fingerprint density at radius 2 is 1.62 bits per heavy atom. The van der Waals surface area contributed by atoms with E-state index in [1.54, 1.807) is 16.8 Å². The Morgan fingerprint density at radius 3 is 2.09 bits per heavy atom. The molecule has 1 saturated carbocycles. The number of nitrogens with two attached hydrogens (primary N) is 1. The van der Waals surface area contributed by atoms with Crippen LogP contribution in [-0.4, -0.2) is 51.3 Å². The van der Waals surface area contributed by atoms with Crippen molar-refractivity contribution in [2.75, 3.05) is 13.2 Å². The molecule has 3 aliphatic rings. The molecule has 2 aromatic heterocycles. The normalized spacial score (nSPS) is 21.7. The van der Waals surface area contributed by atoms with Crippen LogP contribution in [0.4, 0.5) is 0 Å². The summed E-state index contributed by atoms with van der Waals surface area (Å²) in [6, 6.07) is 3.14. The van der Waals surface area contributed by atoms with Crippen molar-refractivity contribution in [1.29, 1.82) is 0 Å². The summed E-state index contributed by atoms with van der Waals surface area (Å²) in [5, 5.41) is 8.07. The molecule has 2 unspecified atom stereocenters. The number of nitrogens with zero attached hydrogens (tertiary/aromatic N) is 4. The Kier molecular flexibility index (Phi) is 11.9. The first kappa shape index (κ1) is 25.9. The Hall–Kier alpha value is -2.32. The first-order chi connectivity index (χ1) is 15.6. The molecule has 2 atom stereocenters. The number of hydrogen-bond acceptors (Lipinski definition) is 6. The number of pyridine rings is 1. The van der Waals surface area contributed by atoms with Crippen molar-refractivity contribution in [1.82, 2.24) is 20.0 Å². The van der Waals surface area contributed by atoms with Crippen LogP contribution in [0.5, 0.6) is 0 Å². The van der Waals surface area contributed by atoms with E-state index in [2.05, 4.69) is 15.3 Å². The quantitative estimate of drug-likeness (QED) is 0.772. The minimum absolute atomic E-state index is 0.419. The van der Waals surface area contributed by atoms with Crippen LogP contribution in [0.3, 0.4) is 0 Å². The Morgan fingerprint density at radius 1 is 1.03 bits per heavy atom. The highest BCUT2D eigenvalue weighted by molar-refractivity contribution is 5.92. The number of rotatable bonds is 3. The van der Waals surface area contributed by atoms with E-state index in [0.717, 1.165) is 44.1 Å². The molecule has 8 nitrogen and oxygen atoms in total. The highest BCUT2D eigenvalue weighted by Gasteiger charge is 2.33. The number of aromatic nitrogens is 4. The molecule has 5 rings (SSSR count). The van der Waals surface area contributed by atoms with Crippen LogP contribution in [0.2, 0.25) is 0 Å². The molecular formula is C24H39N5O3. The summed E-state index contributed by atoms with van der Waals surface area (Å²) in [4.78, 5) is 14.1. The molecule has 0 radical (unpaired) electrons. The van der Waals surface area contributed by atoms with Crippen LogP contribution in [-0.2, 0) is 22.9 Å². The van der Waals surface area contributed by atoms with E-state index in [1.165, 1.54) is 44.5 Å². The fourth-order valence-corrected chi connectivity index (χ4v) is 4.12. The van der Waals surface area contributed by atoms with Crippen LogP contribution in [0.1, 0.15) is 74.8 Å². The maximum atomic E-state index is 10.4. The van der Waals surface area contributed by atoms with Gasteiger partial charge in [0.25, 0.3) is 0 Å². The van der Waals surface area contributed by atoms with Crippen molar-refractivity contribution >= 4 is 5.91 Å². The number of carbonyl (C=O) groups excluding carboxylic acids is 1. The number of fused-ring (bicyclic) bond motifs is 1. The van der Waals surface area contributed by atoms with Gasteiger partial charge in [0, 0.05) is 44.4 Å². The molecule has 0 spiro atoms. The number of hydrogen-bond donors (Lipinski definition) is 1. The van der Waals surface area contributed by atoms with Gasteiger partial charge < -0.3 is 15.2 Å². The van der Waals surface area contributed by atoms with E-state index in [9.17, 15) is 4.79 Å². The van der Waals surface area contributed by atoms with Gasteiger partial charge in [-0.2, -0.15) is 0 Å². The van der Waals surface area contributed by atoms with Crippen molar-refractivity contribution in [2.24, 2.45) is 18.7 Å². The molecule has 2 aliphatic heterocycles. The lowest BCUT2D eigenvalue weighted by Crippen LogP contribution is -2.13. The number of ether oxygens (including phenoxy) is 2. The standard InChI is InChI=1S/C10H17N3.C6H6N2O.C6H10O2.C2H6/c1-13-8-10(11-12-13)7-9-5-3-2-4-6-9;7-6(9)5-1-3-8-4-2-5;1-3-7-6-2-4-8-5(1)6;1-2/h8-9H,2-7H2,1H3;1-4H,(H2,7,9);5-6H,1-4H2;1-2H3. The SMILES string of the molecule is C1CC2OCCC2O1.CC.Cn1cc(CC2CCCCC2)nn1.NC(=O)c1ccncc1. The zero-order valence-corrected chi connectivity index (χ0v) is 19.8. The first-order valence-corrected chi connectivity index (χ1v) is 11.9. The molecule has 4 heterocycles. The fourth-order valence-electron chi connectivity index (χ4n) is 4.12. The summed E-state index contributed by atoms with van der Waals surface area (Å²) in [7, 11) is 1.93. The third kappa shape index (κ3) is 9.04. The van der Waals surface area contributed by atoms with Crippen molar-refractivity contribution in [3.8, 4) is 0 Å². The second-order valence-electron chi connectivity index (χ2n) is 8.09. The highest BCUT2D eigenvalue weighted by atomic mass is 16.6. The van der Waals surface area contributed by atoms with Gasteiger partial charge in [-0.1, -0.05) is 51.2 Å². The lowest BCUT2D eigenvalue weighted by Gasteiger charge is -2.19. The smallest absolute Gasteiger partial charge is 0.248 e. The monoisotopic (exact) mass is 445 g/mol. The second-order valence-corrected chi connectivity index (χ2v) is 8.09. The summed E-state index contributed by atoms with van der Waals surface area (Å²) in [5.41, 5.74) is 6.60. The Bertz CT molecular complexity index is 742. The number of carbonyl (C=O) groups is 1. The van der Waals surface area contributed by atoms with Crippen molar-refractivity contribution in [2.45, 2.75) is 77.4 Å². The van der Waals surface area contributed by atoms with Crippen LogP contribution in [0.15, 0.2) is 30.7 Å². The highest BCUT2D eigenvalue weighted by Crippen LogP contribution is 2.26. The molecule has 32 heavy (non-hydrogen) atoms. The van der Waals surface area contributed by atoms with Gasteiger partial charge in [0.2, 0.25) is 5.91 Å². The van der Waals surface area contributed by atoms with Gasteiger partial charge in [-0.3, -0.25) is 14.5 Å². The summed E-state index contributed by atoms with van der Waals surface area (Å²) in [5.74, 6) is 0.447. The molecule has 2 N–H and O–H groups in total. The van der Waals surface area contributed by atoms with Crippen LogP contribution < -0.4 is 5.73 Å². The van der Waals surface area contributed by atoms with Gasteiger partial charge >= 0.3 is 0 Å². The van der Waals surface area contributed by atoms with Crippen LogP contribution in [0.25, 0.3) is 0 Å². The number of primary amides is 1. The molecule has 0 bridgehead atoms. The predicted octanol–water partition coefficient (Wildman–Crippen LogP) is 3.71. The Balaban J connectivity index is 0.000000169. The molecule has 2 saturated heterocycles. The Labute approximate surface area is 191 Å². The number of amides is 1. The largest absolute Gasteiger partial charge is 0.375 e. The van der Waals surface area contributed by atoms with Gasteiger partial charge in [0.1, 0.15) is 0 Å². The molecule has 2 aromatic rings. The van der Waals surface area contributed by atoms with Crippen LogP contribution >= 0.6 is 0 Å². The summed E-state index contributed by atoms with van der Waals surface area (Å²) < 4.78 is 12.5. The zero-order valence-electron chi connectivity index (χ0n) is 19.8. The summed E-state index contributed by atoms with van der Waals surface area (Å²) in [6.07, 6.45) is 16.4. The van der Waals surface area contributed by atoms with E-state index in [1.807, 2.05) is 27.1 Å². The average molecular weight is 446 g/mol. The maximum absolute atomic E-state index is 10.4. The molecular weight excluding hydrogens is 406 g/mol. The van der Waals surface area contributed by atoms with E-state index in [-0.39, 0.29) is 0 Å². The fraction of sp³-hybridized carbons (Fsp3) is 0.667. The number of aryl methyl sites for hydroxylation is 1. The zero-order chi connectivity index (χ0) is 23.2. The second kappa shape index (κ2) is 14.7. The minimum Gasteiger partial charge on any atom is -0.375 e. The van der Waals surface area contributed by atoms with Gasteiger partial charge in [0.15, 0.2) is 0 Å². The minimum atomic E-state index is -0.419.